The Morgan fingerprint density at radius 1 is 1.43 bits per heavy atom. The predicted octanol–water partition coefficient (Wildman–Crippen LogP) is 3.16. The van der Waals surface area contributed by atoms with E-state index in [4.69, 9.17) is 15.2 Å². The Kier molecular flexibility index (Phi) is 5.11. The van der Waals surface area contributed by atoms with E-state index in [0.29, 0.717) is 22.9 Å². The normalized spacial score (nSPS) is 16.0. The first-order valence-corrected chi connectivity index (χ1v) is 8.14. The summed E-state index contributed by atoms with van der Waals surface area (Å²) < 4.78 is 10.9. The smallest absolute Gasteiger partial charge is 0.178 e. The van der Waals surface area contributed by atoms with Crippen molar-refractivity contribution < 1.29 is 14.3 Å². The Labute approximate surface area is 129 Å². The van der Waals surface area contributed by atoms with E-state index in [0.717, 1.165) is 17.8 Å². The number of anilines is 2. The van der Waals surface area contributed by atoms with Crippen LogP contribution in [0.5, 0.6) is 5.75 Å². The van der Waals surface area contributed by atoms with Gasteiger partial charge in [0.2, 0.25) is 0 Å². The van der Waals surface area contributed by atoms with Crippen LogP contribution in [0.15, 0.2) is 0 Å². The third-order valence-corrected chi connectivity index (χ3v) is 4.35. The van der Waals surface area contributed by atoms with Crippen LogP contribution in [-0.4, -0.2) is 31.6 Å². The fourth-order valence-corrected chi connectivity index (χ4v) is 3.29. The second-order valence-corrected chi connectivity index (χ2v) is 6.83. The number of hydrogen-bond donors (Lipinski definition) is 2. The molecule has 3 N–H and O–H groups in total. The van der Waals surface area contributed by atoms with E-state index in [1.54, 1.807) is 7.11 Å². The second-order valence-electron chi connectivity index (χ2n) is 5.81. The fourth-order valence-electron chi connectivity index (χ4n) is 2.11. The van der Waals surface area contributed by atoms with Crippen LogP contribution >= 0.6 is 11.3 Å². The summed E-state index contributed by atoms with van der Waals surface area (Å²) in [5.41, 5.74) is 6.63. The maximum atomic E-state index is 12.3. The number of nitrogen functional groups attached to an aromatic ring is 1. The lowest BCUT2D eigenvalue weighted by molar-refractivity contribution is 0.0972. The molecule has 1 saturated carbocycles. The molecule has 118 valence electrons. The van der Waals surface area contributed by atoms with Gasteiger partial charge in [-0.1, -0.05) is 0 Å². The van der Waals surface area contributed by atoms with Gasteiger partial charge in [0.1, 0.15) is 5.00 Å². The Hall–Kier alpha value is -1.27. The van der Waals surface area contributed by atoms with Crippen molar-refractivity contribution in [1.29, 1.82) is 0 Å². The number of methoxy groups -OCH3 is 1. The van der Waals surface area contributed by atoms with Gasteiger partial charge in [-0.3, -0.25) is 4.79 Å². The van der Waals surface area contributed by atoms with Gasteiger partial charge in [0.05, 0.1) is 23.3 Å². The standard InChI is InChI=1S/C15H24N2O3S/c1-8(2)20-13-11(16)14(12(18)10-5-6-10)21-15(13)17-9(3)7-19-4/h8-10,17H,5-7,16H2,1-4H3. The zero-order valence-electron chi connectivity index (χ0n) is 13.1. The van der Waals surface area contributed by atoms with Crippen molar-refractivity contribution in [2.75, 3.05) is 24.8 Å². The number of nitrogens with one attached hydrogen (secondary N) is 1. The molecule has 1 atom stereocenters. The molecule has 1 fully saturated rings. The van der Waals surface area contributed by atoms with Crippen molar-refractivity contribution >= 4 is 27.8 Å². The summed E-state index contributed by atoms with van der Waals surface area (Å²) in [7, 11) is 1.66. The van der Waals surface area contributed by atoms with Crippen molar-refractivity contribution in [3.05, 3.63) is 4.88 Å². The molecule has 1 unspecified atom stereocenters. The highest BCUT2D eigenvalue weighted by Crippen LogP contribution is 2.46. The number of carbonyl (C=O) groups is 1. The van der Waals surface area contributed by atoms with Crippen LogP contribution in [0.2, 0.25) is 0 Å². The Balaban J connectivity index is 2.27. The van der Waals surface area contributed by atoms with Crippen molar-refractivity contribution in [3.63, 3.8) is 0 Å². The molecule has 1 aliphatic carbocycles. The minimum absolute atomic E-state index is 0.00376. The van der Waals surface area contributed by atoms with Crippen LogP contribution in [0, 0.1) is 5.92 Å². The van der Waals surface area contributed by atoms with Gasteiger partial charge in [-0.2, -0.15) is 0 Å². The van der Waals surface area contributed by atoms with Crippen LogP contribution in [0.3, 0.4) is 0 Å². The minimum Gasteiger partial charge on any atom is -0.486 e. The van der Waals surface area contributed by atoms with Crippen molar-refractivity contribution in [2.45, 2.75) is 45.8 Å². The van der Waals surface area contributed by atoms with Gasteiger partial charge in [0, 0.05) is 19.1 Å². The lowest BCUT2D eigenvalue weighted by Crippen LogP contribution is -2.21. The van der Waals surface area contributed by atoms with Gasteiger partial charge in [0.15, 0.2) is 11.5 Å². The highest BCUT2D eigenvalue weighted by molar-refractivity contribution is 7.19. The first-order valence-electron chi connectivity index (χ1n) is 7.32. The molecule has 21 heavy (non-hydrogen) atoms. The van der Waals surface area contributed by atoms with Crippen molar-refractivity contribution in [3.8, 4) is 5.75 Å². The number of ether oxygens (including phenoxy) is 2. The second kappa shape index (κ2) is 6.66. The summed E-state index contributed by atoms with van der Waals surface area (Å²) in [6, 6.07) is 0.117. The monoisotopic (exact) mass is 312 g/mol. The first-order chi connectivity index (χ1) is 9.93. The summed E-state index contributed by atoms with van der Waals surface area (Å²) in [6.07, 6.45) is 1.95. The SMILES string of the molecule is COCC(C)Nc1sc(C(=O)C2CC2)c(N)c1OC(C)C. The van der Waals surface area contributed by atoms with Crippen LogP contribution in [0.25, 0.3) is 0 Å². The van der Waals surface area contributed by atoms with E-state index in [-0.39, 0.29) is 23.8 Å². The molecule has 0 amide bonds. The lowest BCUT2D eigenvalue weighted by Gasteiger charge is -2.16. The molecule has 0 aromatic carbocycles. The van der Waals surface area contributed by atoms with Crippen LogP contribution < -0.4 is 15.8 Å². The van der Waals surface area contributed by atoms with Gasteiger partial charge in [0.25, 0.3) is 0 Å². The van der Waals surface area contributed by atoms with E-state index in [2.05, 4.69) is 5.32 Å². The van der Waals surface area contributed by atoms with E-state index in [9.17, 15) is 4.79 Å². The Morgan fingerprint density at radius 2 is 2.10 bits per heavy atom. The highest BCUT2D eigenvalue weighted by atomic mass is 32.1. The average molecular weight is 312 g/mol. The highest BCUT2D eigenvalue weighted by Gasteiger charge is 2.34. The number of ketones is 1. The number of rotatable bonds is 8. The quantitative estimate of drug-likeness (QED) is 0.721. The first kappa shape index (κ1) is 16.1. The molecule has 2 rings (SSSR count). The minimum atomic E-state index is 0.00376. The summed E-state index contributed by atoms with van der Waals surface area (Å²) in [5.74, 6) is 0.905. The van der Waals surface area contributed by atoms with Crippen molar-refractivity contribution in [1.82, 2.24) is 0 Å². The lowest BCUT2D eigenvalue weighted by atomic mass is 10.2. The number of thiophene rings is 1. The van der Waals surface area contributed by atoms with E-state index < -0.39 is 0 Å². The summed E-state index contributed by atoms with van der Waals surface area (Å²) in [6.45, 7) is 6.48. The van der Waals surface area contributed by atoms with Crippen molar-refractivity contribution in [2.24, 2.45) is 5.92 Å². The third kappa shape index (κ3) is 3.89. The molecule has 0 bridgehead atoms. The molecular formula is C15H24N2O3S. The largest absolute Gasteiger partial charge is 0.486 e. The molecule has 0 spiro atoms. The maximum absolute atomic E-state index is 12.3. The molecule has 5 nitrogen and oxygen atoms in total. The van der Waals surface area contributed by atoms with Crippen LogP contribution in [-0.2, 0) is 4.74 Å². The zero-order chi connectivity index (χ0) is 15.6. The molecule has 6 heteroatoms. The predicted molar refractivity (Wildman–Crippen MR) is 86.5 cm³/mol. The van der Waals surface area contributed by atoms with Gasteiger partial charge in [-0.15, -0.1) is 11.3 Å². The van der Waals surface area contributed by atoms with Crippen LogP contribution in [0.4, 0.5) is 10.7 Å². The summed E-state index contributed by atoms with van der Waals surface area (Å²) >= 11 is 1.39. The third-order valence-electron chi connectivity index (χ3n) is 3.22. The van der Waals surface area contributed by atoms with Gasteiger partial charge in [-0.05, 0) is 33.6 Å². The molecule has 0 saturated heterocycles. The van der Waals surface area contributed by atoms with Gasteiger partial charge < -0.3 is 20.5 Å². The molecule has 1 heterocycles. The average Bonchev–Trinajstić information content (AvgIpc) is 3.20. The summed E-state index contributed by atoms with van der Waals surface area (Å²) in [4.78, 5) is 12.9. The molecule has 0 radical (unpaired) electrons. The zero-order valence-corrected chi connectivity index (χ0v) is 13.9. The molecule has 1 aromatic rings. The van der Waals surface area contributed by atoms with Crippen LogP contribution in [0.1, 0.15) is 43.3 Å². The summed E-state index contributed by atoms with van der Waals surface area (Å²) in [5, 5.41) is 4.14. The van der Waals surface area contributed by atoms with Gasteiger partial charge in [-0.25, -0.2) is 0 Å². The Morgan fingerprint density at radius 3 is 2.62 bits per heavy atom. The molecular weight excluding hydrogens is 288 g/mol. The number of Topliss-reactive ketones (excluding diaryl/α,β-unsaturated/α-hetero) is 1. The number of hydrogen-bond acceptors (Lipinski definition) is 6. The fraction of sp³-hybridized carbons (Fsp3) is 0.667. The maximum Gasteiger partial charge on any atom is 0.178 e. The van der Waals surface area contributed by atoms with E-state index in [1.165, 1.54) is 11.3 Å². The molecule has 1 aliphatic rings. The van der Waals surface area contributed by atoms with E-state index >= 15 is 0 Å². The van der Waals surface area contributed by atoms with E-state index in [1.807, 2.05) is 20.8 Å². The Bertz CT molecular complexity index is 509. The number of carbonyl (C=O) groups excluding carboxylic acids is 1. The topological polar surface area (TPSA) is 73.6 Å². The van der Waals surface area contributed by atoms with Gasteiger partial charge >= 0.3 is 0 Å². The molecule has 1 aromatic heterocycles. The molecule has 0 aliphatic heterocycles. The number of nitrogens with two attached hydrogens (primary N) is 1.